The Morgan fingerprint density at radius 3 is 2.69 bits per heavy atom. The second kappa shape index (κ2) is 7.82. The molecule has 1 saturated heterocycles. The lowest BCUT2D eigenvalue weighted by Gasteiger charge is -2.35. The molecule has 2 heterocycles. The van der Waals surface area contributed by atoms with Crippen LogP contribution in [0.3, 0.4) is 0 Å². The number of piperazine rings is 1. The Morgan fingerprint density at radius 2 is 2.04 bits per heavy atom. The van der Waals surface area contributed by atoms with Gasteiger partial charge in [0.2, 0.25) is 5.89 Å². The second-order valence-electron chi connectivity index (χ2n) is 6.66. The molecule has 0 unspecified atom stereocenters. The van der Waals surface area contributed by atoms with Crippen molar-refractivity contribution in [1.82, 2.24) is 19.9 Å². The quantitative estimate of drug-likeness (QED) is 0.806. The van der Waals surface area contributed by atoms with Gasteiger partial charge in [-0.2, -0.15) is 4.98 Å². The van der Waals surface area contributed by atoms with Crippen LogP contribution in [-0.4, -0.2) is 72.7 Å². The van der Waals surface area contributed by atoms with Crippen molar-refractivity contribution in [2.24, 2.45) is 0 Å². The molecule has 0 aliphatic carbocycles. The average Bonchev–Trinajstić information content (AvgIpc) is 3.05. The van der Waals surface area contributed by atoms with Gasteiger partial charge < -0.3 is 19.2 Å². The lowest BCUT2D eigenvalue weighted by atomic mass is 10.1. The zero-order valence-corrected chi connectivity index (χ0v) is 15.4. The first-order valence-electron chi connectivity index (χ1n) is 8.71. The lowest BCUT2D eigenvalue weighted by molar-refractivity contribution is 0.0795. The topological polar surface area (TPSA) is 65.7 Å². The van der Waals surface area contributed by atoms with Crippen molar-refractivity contribution in [3.63, 3.8) is 0 Å². The number of carbonyl (C=O) groups excluding carboxylic acids is 1. The molecule has 1 amide bonds. The summed E-state index contributed by atoms with van der Waals surface area (Å²) in [4.78, 5) is 23.0. The van der Waals surface area contributed by atoms with Crippen LogP contribution in [0.2, 0.25) is 0 Å². The highest BCUT2D eigenvalue weighted by Crippen LogP contribution is 2.24. The van der Waals surface area contributed by atoms with Gasteiger partial charge in [-0.15, -0.1) is 0 Å². The van der Waals surface area contributed by atoms with Crippen LogP contribution in [0.5, 0.6) is 0 Å². The molecule has 0 bridgehead atoms. The van der Waals surface area contributed by atoms with Gasteiger partial charge in [0, 0.05) is 58.8 Å². The minimum atomic E-state index is -0.409. The number of amides is 1. The average molecular weight is 361 g/mol. The van der Waals surface area contributed by atoms with E-state index in [-0.39, 0.29) is 5.91 Å². The fraction of sp³-hybridized carbons (Fsp3) is 0.500. The summed E-state index contributed by atoms with van der Waals surface area (Å²) < 4.78 is 18.8. The molecule has 1 fully saturated rings. The molecule has 0 spiro atoms. The zero-order chi connectivity index (χ0) is 18.7. The summed E-state index contributed by atoms with van der Waals surface area (Å²) >= 11 is 0. The second-order valence-corrected chi connectivity index (χ2v) is 6.66. The number of anilines is 1. The summed E-state index contributed by atoms with van der Waals surface area (Å²) in [7, 11) is 3.77. The summed E-state index contributed by atoms with van der Waals surface area (Å²) in [5.74, 6) is 0.434. The smallest absolute Gasteiger partial charge is 0.255 e. The van der Waals surface area contributed by atoms with Gasteiger partial charge >= 0.3 is 0 Å². The van der Waals surface area contributed by atoms with Crippen molar-refractivity contribution in [2.75, 3.05) is 51.7 Å². The van der Waals surface area contributed by atoms with Crippen LogP contribution >= 0.6 is 0 Å². The predicted molar refractivity (Wildman–Crippen MR) is 95.8 cm³/mol. The van der Waals surface area contributed by atoms with Crippen LogP contribution in [0.1, 0.15) is 22.1 Å². The zero-order valence-electron chi connectivity index (χ0n) is 15.4. The minimum Gasteiger partial charge on any atom is -0.368 e. The summed E-state index contributed by atoms with van der Waals surface area (Å²) in [5, 5.41) is 3.84. The first-order valence-corrected chi connectivity index (χ1v) is 8.71. The van der Waals surface area contributed by atoms with Crippen molar-refractivity contribution < 1.29 is 13.7 Å². The molecule has 1 aromatic heterocycles. The van der Waals surface area contributed by atoms with Crippen LogP contribution < -0.4 is 4.90 Å². The molecule has 2 aromatic rings. The number of rotatable bonds is 5. The number of hydrogen-bond donors (Lipinski definition) is 0. The van der Waals surface area contributed by atoms with E-state index in [4.69, 9.17) is 4.52 Å². The maximum Gasteiger partial charge on any atom is 0.255 e. The molecular formula is C18H24FN5O2. The van der Waals surface area contributed by atoms with Crippen LogP contribution in [0.15, 0.2) is 22.7 Å². The molecule has 0 N–H and O–H groups in total. The molecule has 0 saturated carbocycles. The van der Waals surface area contributed by atoms with E-state index in [0.29, 0.717) is 30.2 Å². The number of carbonyl (C=O) groups is 1. The van der Waals surface area contributed by atoms with E-state index in [1.807, 2.05) is 0 Å². The van der Waals surface area contributed by atoms with Gasteiger partial charge in [0.05, 0.1) is 5.56 Å². The largest absolute Gasteiger partial charge is 0.368 e. The number of aromatic nitrogens is 2. The highest BCUT2D eigenvalue weighted by Gasteiger charge is 2.23. The summed E-state index contributed by atoms with van der Waals surface area (Å²) in [5.41, 5.74) is 1.17. The third-order valence-corrected chi connectivity index (χ3v) is 4.62. The first kappa shape index (κ1) is 18.3. The Bertz CT molecular complexity index is 771. The van der Waals surface area contributed by atoms with Crippen LogP contribution in [0.25, 0.3) is 0 Å². The van der Waals surface area contributed by atoms with Crippen molar-refractivity contribution in [3.05, 3.63) is 41.3 Å². The van der Waals surface area contributed by atoms with Crippen molar-refractivity contribution in [1.29, 1.82) is 0 Å². The number of halogens is 1. The Labute approximate surface area is 152 Å². The van der Waals surface area contributed by atoms with E-state index in [1.54, 1.807) is 24.9 Å². The third kappa shape index (κ3) is 4.19. The molecule has 1 aliphatic heterocycles. The molecule has 8 heteroatoms. The number of nitrogens with zero attached hydrogens (tertiary/aromatic N) is 5. The highest BCUT2D eigenvalue weighted by molar-refractivity contribution is 5.99. The van der Waals surface area contributed by atoms with E-state index in [9.17, 15) is 9.18 Å². The Morgan fingerprint density at radius 1 is 1.31 bits per heavy atom. The SMILES string of the molecule is Cc1nc(CCN(C)C(=O)c2cc(F)ccc2N2CCN(C)CC2)no1. The maximum absolute atomic E-state index is 13.8. The number of aryl methyl sites for hydroxylation is 1. The van der Waals surface area contributed by atoms with Gasteiger partial charge in [-0.3, -0.25) is 4.79 Å². The minimum absolute atomic E-state index is 0.210. The monoisotopic (exact) mass is 361 g/mol. The van der Waals surface area contributed by atoms with Crippen LogP contribution in [0.4, 0.5) is 10.1 Å². The molecule has 140 valence electrons. The van der Waals surface area contributed by atoms with Gasteiger partial charge in [0.15, 0.2) is 5.82 Å². The normalized spacial score (nSPS) is 15.3. The standard InChI is InChI=1S/C18H24FN5O2/c1-13-20-17(21-26-13)6-7-23(3)18(25)15-12-14(19)4-5-16(15)24-10-8-22(2)9-11-24/h4-5,12H,6-11H2,1-3H3. The van der Waals surface area contributed by atoms with E-state index in [1.165, 1.54) is 12.1 Å². The molecule has 1 aliphatic rings. The maximum atomic E-state index is 13.8. The summed E-state index contributed by atoms with van der Waals surface area (Å²) in [6, 6.07) is 4.43. The van der Waals surface area contributed by atoms with E-state index >= 15 is 0 Å². The van der Waals surface area contributed by atoms with Gasteiger partial charge in [0.25, 0.3) is 5.91 Å². The van der Waals surface area contributed by atoms with Crippen molar-refractivity contribution >= 4 is 11.6 Å². The predicted octanol–water partition coefficient (Wildman–Crippen LogP) is 1.58. The van der Waals surface area contributed by atoms with Gasteiger partial charge in [0.1, 0.15) is 5.82 Å². The summed E-state index contributed by atoms with van der Waals surface area (Å²) in [6.07, 6.45) is 0.485. The summed E-state index contributed by atoms with van der Waals surface area (Å²) in [6.45, 7) is 5.61. The molecule has 3 rings (SSSR count). The fourth-order valence-electron chi connectivity index (χ4n) is 3.02. The van der Waals surface area contributed by atoms with E-state index in [2.05, 4.69) is 27.0 Å². The number of benzene rings is 1. The third-order valence-electron chi connectivity index (χ3n) is 4.62. The van der Waals surface area contributed by atoms with Gasteiger partial charge in [-0.25, -0.2) is 4.39 Å². The highest BCUT2D eigenvalue weighted by atomic mass is 19.1. The van der Waals surface area contributed by atoms with Crippen molar-refractivity contribution in [2.45, 2.75) is 13.3 Å². The van der Waals surface area contributed by atoms with Crippen LogP contribution in [0, 0.1) is 12.7 Å². The van der Waals surface area contributed by atoms with E-state index in [0.717, 1.165) is 31.9 Å². The molecule has 0 radical (unpaired) electrons. The molecule has 26 heavy (non-hydrogen) atoms. The molecule has 1 aromatic carbocycles. The Hall–Kier alpha value is -2.48. The first-order chi connectivity index (χ1) is 12.4. The number of hydrogen-bond acceptors (Lipinski definition) is 6. The van der Waals surface area contributed by atoms with E-state index < -0.39 is 5.82 Å². The molecule has 0 atom stereocenters. The van der Waals surface area contributed by atoms with Gasteiger partial charge in [-0.1, -0.05) is 5.16 Å². The molecular weight excluding hydrogens is 337 g/mol. The Kier molecular flexibility index (Phi) is 5.51. The Balaban J connectivity index is 1.73. The fourth-order valence-corrected chi connectivity index (χ4v) is 3.02. The van der Waals surface area contributed by atoms with Crippen LogP contribution in [-0.2, 0) is 6.42 Å². The lowest BCUT2D eigenvalue weighted by Crippen LogP contribution is -2.45. The van der Waals surface area contributed by atoms with Gasteiger partial charge in [-0.05, 0) is 25.2 Å². The number of likely N-dealkylation sites (N-methyl/N-ethyl adjacent to an activating group) is 2. The van der Waals surface area contributed by atoms with Crippen molar-refractivity contribution in [3.8, 4) is 0 Å². The molecule has 7 nitrogen and oxygen atoms in total.